The Hall–Kier alpha value is -3.34. The largest absolute Gasteiger partial charge is 0.325 e. The molecule has 1 aliphatic heterocycles. The number of H-pyrrole nitrogens is 1. The number of carbonyl (C=O) groups excluding carboxylic acids is 2. The van der Waals surface area contributed by atoms with Crippen LogP contribution in [-0.2, 0) is 4.79 Å². The van der Waals surface area contributed by atoms with Gasteiger partial charge in [0, 0.05) is 35.6 Å². The maximum Gasteiger partial charge on any atom is 0.275 e. The van der Waals surface area contributed by atoms with Crippen molar-refractivity contribution in [3.8, 4) is 0 Å². The summed E-state index contributed by atoms with van der Waals surface area (Å²) in [6.07, 6.45) is 2.80. The Labute approximate surface area is 156 Å². The number of aromatic amines is 1. The van der Waals surface area contributed by atoms with Gasteiger partial charge in [-0.05, 0) is 18.9 Å². The standard InChI is InChI=1S/C16H14N6O4S/c23-14(18-16-17-5-7-27-16)12-2-1-6-21(12)15(24)13-10-8-9(22(25)26)3-4-11(10)19-20-13/h3-5,7-8,12H,1-2,6H2,(H,19,20)(H,17,18,23). The molecule has 10 nitrogen and oxygen atoms in total. The van der Waals surface area contributed by atoms with Gasteiger partial charge >= 0.3 is 0 Å². The molecule has 1 unspecified atom stereocenters. The topological polar surface area (TPSA) is 134 Å². The van der Waals surface area contributed by atoms with Gasteiger partial charge in [-0.25, -0.2) is 4.98 Å². The number of hydrogen-bond acceptors (Lipinski definition) is 7. The van der Waals surface area contributed by atoms with Gasteiger partial charge in [-0.2, -0.15) is 5.10 Å². The van der Waals surface area contributed by atoms with Crippen molar-refractivity contribution in [2.24, 2.45) is 0 Å². The summed E-state index contributed by atoms with van der Waals surface area (Å²) in [7, 11) is 0. The first-order valence-electron chi connectivity index (χ1n) is 8.18. The molecule has 3 heterocycles. The summed E-state index contributed by atoms with van der Waals surface area (Å²) >= 11 is 1.30. The van der Waals surface area contributed by atoms with Gasteiger partial charge in [0.1, 0.15) is 6.04 Å². The first-order chi connectivity index (χ1) is 13.0. The Morgan fingerprint density at radius 1 is 1.41 bits per heavy atom. The van der Waals surface area contributed by atoms with Crippen LogP contribution in [0.3, 0.4) is 0 Å². The Balaban J connectivity index is 1.61. The van der Waals surface area contributed by atoms with Crippen LogP contribution in [0, 0.1) is 10.1 Å². The number of benzene rings is 1. The normalized spacial score (nSPS) is 16.6. The van der Waals surface area contributed by atoms with E-state index in [9.17, 15) is 19.7 Å². The molecule has 1 saturated heterocycles. The van der Waals surface area contributed by atoms with Crippen molar-refractivity contribution in [2.75, 3.05) is 11.9 Å². The zero-order valence-corrected chi connectivity index (χ0v) is 14.7. The SMILES string of the molecule is O=C(Nc1nccs1)C1CCCN1C(=O)c1n[nH]c2ccc([N+](=O)[O-])cc12. The van der Waals surface area contributed by atoms with E-state index < -0.39 is 16.9 Å². The summed E-state index contributed by atoms with van der Waals surface area (Å²) < 4.78 is 0. The lowest BCUT2D eigenvalue weighted by atomic mass is 10.1. The van der Waals surface area contributed by atoms with Crippen LogP contribution in [0.15, 0.2) is 29.8 Å². The molecule has 0 radical (unpaired) electrons. The van der Waals surface area contributed by atoms with Crippen molar-refractivity contribution in [3.63, 3.8) is 0 Å². The molecule has 11 heteroatoms. The lowest BCUT2D eigenvalue weighted by molar-refractivity contribution is -0.384. The molecule has 1 fully saturated rings. The number of nitrogens with one attached hydrogen (secondary N) is 2. The molecule has 1 atom stereocenters. The average Bonchev–Trinajstić information content (AvgIpc) is 3.40. The van der Waals surface area contributed by atoms with E-state index in [2.05, 4.69) is 20.5 Å². The number of anilines is 1. The molecule has 1 aromatic carbocycles. The van der Waals surface area contributed by atoms with Crippen molar-refractivity contribution in [2.45, 2.75) is 18.9 Å². The molecule has 27 heavy (non-hydrogen) atoms. The fraction of sp³-hybridized carbons (Fsp3) is 0.250. The highest BCUT2D eigenvalue weighted by Gasteiger charge is 2.36. The summed E-state index contributed by atoms with van der Waals surface area (Å²) in [5.41, 5.74) is 0.465. The molecule has 2 aromatic heterocycles. The lowest BCUT2D eigenvalue weighted by Gasteiger charge is -2.22. The number of fused-ring (bicyclic) bond motifs is 1. The minimum atomic E-state index is -0.633. The Morgan fingerprint density at radius 3 is 3.00 bits per heavy atom. The molecule has 2 amide bonds. The van der Waals surface area contributed by atoms with E-state index in [1.54, 1.807) is 11.6 Å². The third-order valence-corrected chi connectivity index (χ3v) is 5.13. The third-order valence-electron chi connectivity index (χ3n) is 4.44. The summed E-state index contributed by atoms with van der Waals surface area (Å²) in [5.74, 6) is -0.736. The molecular formula is C16H14N6O4S. The van der Waals surface area contributed by atoms with E-state index in [1.807, 2.05) is 0 Å². The highest BCUT2D eigenvalue weighted by Crippen LogP contribution is 2.26. The number of likely N-dealkylation sites (tertiary alicyclic amines) is 1. The third kappa shape index (κ3) is 3.12. The van der Waals surface area contributed by atoms with E-state index >= 15 is 0 Å². The fourth-order valence-corrected chi connectivity index (χ4v) is 3.70. The number of rotatable bonds is 4. The van der Waals surface area contributed by atoms with Gasteiger partial charge in [-0.15, -0.1) is 11.3 Å². The van der Waals surface area contributed by atoms with Crippen LogP contribution in [0.4, 0.5) is 10.8 Å². The highest BCUT2D eigenvalue weighted by atomic mass is 32.1. The minimum absolute atomic E-state index is 0.0719. The van der Waals surface area contributed by atoms with Crippen molar-refractivity contribution in [3.05, 3.63) is 45.6 Å². The number of nitro benzene ring substituents is 1. The number of nitrogens with zero attached hydrogens (tertiary/aromatic N) is 4. The van der Waals surface area contributed by atoms with Gasteiger partial charge in [0.25, 0.3) is 11.6 Å². The molecule has 1 aliphatic rings. The van der Waals surface area contributed by atoms with Gasteiger partial charge in [0.05, 0.1) is 10.4 Å². The molecular weight excluding hydrogens is 372 g/mol. The zero-order chi connectivity index (χ0) is 19.0. The molecule has 4 rings (SSSR count). The summed E-state index contributed by atoms with van der Waals surface area (Å²) in [6, 6.07) is 3.53. The monoisotopic (exact) mass is 386 g/mol. The maximum atomic E-state index is 13.0. The van der Waals surface area contributed by atoms with Crippen LogP contribution >= 0.6 is 11.3 Å². The van der Waals surface area contributed by atoms with Crippen molar-refractivity contribution >= 4 is 44.9 Å². The second kappa shape index (κ2) is 6.76. The second-order valence-electron chi connectivity index (χ2n) is 6.04. The van der Waals surface area contributed by atoms with Crippen LogP contribution in [0.25, 0.3) is 10.9 Å². The van der Waals surface area contributed by atoms with Gasteiger partial charge in [0.2, 0.25) is 5.91 Å². The van der Waals surface area contributed by atoms with E-state index in [-0.39, 0.29) is 17.3 Å². The van der Waals surface area contributed by atoms with Crippen LogP contribution < -0.4 is 5.32 Å². The number of non-ortho nitro benzene ring substituents is 1. The number of aromatic nitrogens is 3. The Morgan fingerprint density at radius 2 is 2.26 bits per heavy atom. The Kier molecular flexibility index (Phi) is 4.28. The molecule has 2 N–H and O–H groups in total. The van der Waals surface area contributed by atoms with E-state index in [0.29, 0.717) is 35.4 Å². The van der Waals surface area contributed by atoms with Gasteiger partial charge in [0.15, 0.2) is 10.8 Å². The molecule has 138 valence electrons. The fourth-order valence-electron chi connectivity index (χ4n) is 3.17. The zero-order valence-electron chi connectivity index (χ0n) is 13.9. The molecule has 0 aliphatic carbocycles. The van der Waals surface area contributed by atoms with Crippen molar-refractivity contribution in [1.29, 1.82) is 0 Å². The van der Waals surface area contributed by atoms with Crippen molar-refractivity contribution < 1.29 is 14.5 Å². The Bertz CT molecular complexity index is 1030. The smallest absolute Gasteiger partial charge is 0.275 e. The quantitative estimate of drug-likeness (QED) is 0.521. The number of hydrogen-bond donors (Lipinski definition) is 2. The van der Waals surface area contributed by atoms with Gasteiger partial charge in [-0.1, -0.05) is 0 Å². The highest BCUT2D eigenvalue weighted by molar-refractivity contribution is 7.13. The van der Waals surface area contributed by atoms with Crippen LogP contribution in [0.5, 0.6) is 0 Å². The van der Waals surface area contributed by atoms with Gasteiger partial charge < -0.3 is 10.2 Å². The molecule has 3 aromatic rings. The second-order valence-corrected chi connectivity index (χ2v) is 6.94. The van der Waals surface area contributed by atoms with E-state index in [4.69, 9.17) is 0 Å². The van der Waals surface area contributed by atoms with Gasteiger partial charge in [-0.3, -0.25) is 24.8 Å². The lowest BCUT2D eigenvalue weighted by Crippen LogP contribution is -2.43. The summed E-state index contributed by atoms with van der Waals surface area (Å²) in [5, 5.41) is 23.0. The summed E-state index contributed by atoms with van der Waals surface area (Å²) in [4.78, 5) is 41.5. The molecule has 0 saturated carbocycles. The van der Waals surface area contributed by atoms with Crippen molar-refractivity contribution in [1.82, 2.24) is 20.1 Å². The van der Waals surface area contributed by atoms with E-state index in [0.717, 1.165) is 0 Å². The maximum absolute atomic E-state index is 13.0. The number of amides is 2. The average molecular weight is 386 g/mol. The van der Waals surface area contributed by atoms with Crippen LogP contribution in [-0.4, -0.2) is 49.4 Å². The first-order valence-corrected chi connectivity index (χ1v) is 9.06. The van der Waals surface area contributed by atoms with E-state index in [1.165, 1.54) is 34.4 Å². The predicted molar refractivity (Wildman–Crippen MR) is 97.6 cm³/mol. The molecule has 0 bridgehead atoms. The predicted octanol–water partition coefficient (Wildman–Crippen LogP) is 2.17. The number of carbonyl (C=O) groups is 2. The van der Waals surface area contributed by atoms with Crippen LogP contribution in [0.2, 0.25) is 0 Å². The number of nitro groups is 1. The first kappa shape index (κ1) is 17.1. The number of thiazole rings is 1. The molecule has 0 spiro atoms. The van der Waals surface area contributed by atoms with Crippen LogP contribution in [0.1, 0.15) is 23.3 Å². The minimum Gasteiger partial charge on any atom is -0.325 e. The summed E-state index contributed by atoms with van der Waals surface area (Å²) in [6.45, 7) is 0.415.